The largest absolute Gasteiger partial charge is 0.465 e. The lowest BCUT2D eigenvalue weighted by atomic mass is 9.84. The van der Waals surface area contributed by atoms with Crippen LogP contribution in [0.1, 0.15) is 41.9 Å². The molecule has 5 rings (SSSR count). The molecule has 232 valence electrons. The van der Waals surface area contributed by atoms with Gasteiger partial charge in [0.15, 0.2) is 0 Å². The van der Waals surface area contributed by atoms with Crippen LogP contribution in [-0.4, -0.2) is 67.7 Å². The highest BCUT2D eigenvalue weighted by Crippen LogP contribution is 2.30. The number of benzene rings is 3. The highest BCUT2D eigenvalue weighted by Gasteiger charge is 2.33. The van der Waals surface area contributed by atoms with E-state index in [1.165, 1.54) is 12.8 Å². The third kappa shape index (κ3) is 9.05. The molecule has 0 bridgehead atoms. The number of aryl methyl sites for hydroxylation is 1. The highest BCUT2D eigenvalue weighted by molar-refractivity contribution is 5.98. The summed E-state index contributed by atoms with van der Waals surface area (Å²) < 4.78 is 11.4. The first-order valence-corrected chi connectivity index (χ1v) is 15.2. The van der Waals surface area contributed by atoms with Crippen LogP contribution in [0.4, 0.5) is 15.3 Å². The number of carbonyl (C=O) groups is 3. The number of hydrogen-bond donors (Lipinski definition) is 5. The summed E-state index contributed by atoms with van der Waals surface area (Å²) in [5.41, 5.74) is 3.20. The van der Waals surface area contributed by atoms with Crippen LogP contribution in [0.15, 0.2) is 84.9 Å². The van der Waals surface area contributed by atoms with Crippen molar-refractivity contribution in [2.75, 3.05) is 31.6 Å². The van der Waals surface area contributed by atoms with Gasteiger partial charge in [0, 0.05) is 24.7 Å². The molecule has 3 atom stereocenters. The van der Waals surface area contributed by atoms with Gasteiger partial charge in [-0.05, 0) is 54.4 Å². The number of amides is 3. The fraction of sp³-hybridized carbons (Fsp3) is 0.382. The molecule has 0 radical (unpaired) electrons. The lowest BCUT2D eigenvalue weighted by Crippen LogP contribution is -2.49. The molecule has 0 aromatic heterocycles. The first kappa shape index (κ1) is 31.0. The molecular formula is C34H40N4O6. The zero-order valence-electron chi connectivity index (χ0n) is 24.6. The average Bonchev–Trinajstić information content (AvgIpc) is 3.88. The van der Waals surface area contributed by atoms with Crippen molar-refractivity contribution >= 4 is 23.8 Å². The maximum atomic E-state index is 13.8. The first-order valence-electron chi connectivity index (χ1n) is 15.2. The van der Waals surface area contributed by atoms with Gasteiger partial charge < -0.3 is 35.8 Å². The molecule has 1 aliphatic carbocycles. The molecule has 1 heterocycles. The van der Waals surface area contributed by atoms with Crippen LogP contribution in [0, 0.1) is 5.92 Å². The van der Waals surface area contributed by atoms with E-state index in [4.69, 9.17) is 9.47 Å². The van der Waals surface area contributed by atoms with E-state index in [0.717, 1.165) is 16.7 Å². The fourth-order valence-electron chi connectivity index (χ4n) is 5.46. The second-order valence-electron chi connectivity index (χ2n) is 11.4. The van der Waals surface area contributed by atoms with Gasteiger partial charge in [-0.2, -0.15) is 0 Å². The molecule has 2 aliphatic rings. The van der Waals surface area contributed by atoms with Crippen LogP contribution in [0.3, 0.4) is 0 Å². The maximum absolute atomic E-state index is 13.8. The molecule has 0 unspecified atom stereocenters. The third-order valence-electron chi connectivity index (χ3n) is 8.04. The average molecular weight is 601 g/mol. The molecule has 3 aromatic carbocycles. The van der Waals surface area contributed by atoms with Gasteiger partial charge in [-0.25, -0.2) is 9.59 Å². The summed E-state index contributed by atoms with van der Waals surface area (Å²) in [4.78, 5) is 37.6. The van der Waals surface area contributed by atoms with E-state index in [-0.39, 0.29) is 24.8 Å². The molecule has 3 aromatic rings. The Hall–Kier alpha value is -4.41. The van der Waals surface area contributed by atoms with Crippen LogP contribution in [0.25, 0.3) is 0 Å². The molecule has 44 heavy (non-hydrogen) atoms. The Kier molecular flexibility index (Phi) is 10.8. The summed E-state index contributed by atoms with van der Waals surface area (Å²) in [6.07, 6.45) is 1.98. The van der Waals surface area contributed by atoms with E-state index in [1.807, 2.05) is 84.9 Å². The number of ether oxygens (including phenoxy) is 2. The smallest absolute Gasteiger partial charge is 0.407 e. The van der Waals surface area contributed by atoms with Gasteiger partial charge in [-0.3, -0.25) is 4.79 Å². The molecule has 0 spiro atoms. The summed E-state index contributed by atoms with van der Waals surface area (Å²) >= 11 is 0. The van der Waals surface area contributed by atoms with Gasteiger partial charge in [0.1, 0.15) is 12.6 Å². The Balaban J connectivity index is 1.19. The van der Waals surface area contributed by atoms with Crippen molar-refractivity contribution in [2.24, 2.45) is 5.92 Å². The molecule has 3 amide bonds. The number of carboxylic acid groups (broad SMARTS) is 1. The lowest BCUT2D eigenvalue weighted by Gasteiger charge is -2.30. The van der Waals surface area contributed by atoms with Crippen molar-refractivity contribution in [2.45, 2.75) is 49.8 Å². The zero-order valence-corrected chi connectivity index (χ0v) is 24.6. The Morgan fingerprint density at radius 2 is 1.59 bits per heavy atom. The molecule has 10 heteroatoms. The van der Waals surface area contributed by atoms with Crippen molar-refractivity contribution in [3.8, 4) is 0 Å². The predicted octanol–water partition coefficient (Wildman–Crippen LogP) is 4.52. The number of para-hydroxylation sites is 1. The summed E-state index contributed by atoms with van der Waals surface area (Å²) in [6, 6.07) is 25.3. The third-order valence-corrected chi connectivity index (χ3v) is 8.04. The van der Waals surface area contributed by atoms with Crippen molar-refractivity contribution in [3.63, 3.8) is 0 Å². The minimum Gasteiger partial charge on any atom is -0.465 e. The monoisotopic (exact) mass is 600 g/mol. The fourth-order valence-corrected chi connectivity index (χ4v) is 5.46. The van der Waals surface area contributed by atoms with Crippen LogP contribution in [0.5, 0.6) is 0 Å². The number of alkyl carbamates (subject to hydrolysis) is 1. The zero-order chi connectivity index (χ0) is 30.7. The number of rotatable bonds is 13. The number of carbonyl (C=O) groups excluding carboxylic acids is 2. The molecule has 5 N–H and O–H groups in total. The second kappa shape index (κ2) is 15.4. The van der Waals surface area contributed by atoms with Gasteiger partial charge in [-0.15, -0.1) is 0 Å². The molecular weight excluding hydrogens is 560 g/mol. The van der Waals surface area contributed by atoms with Crippen molar-refractivity contribution in [1.82, 2.24) is 16.0 Å². The summed E-state index contributed by atoms with van der Waals surface area (Å²) in [7, 11) is 0. The number of nitrogens with one attached hydrogen (secondary N) is 4. The van der Waals surface area contributed by atoms with Crippen molar-refractivity contribution < 1.29 is 29.0 Å². The minimum atomic E-state index is -1.28. The SMILES string of the molecule is O=C(O)N[C@H](C(=O)Nc1ccccc1CC[C@@H]1CN[C@H](COC(=O)NCC2CC2)CO1)C(c1ccccc1)c1ccccc1. The van der Waals surface area contributed by atoms with E-state index in [1.54, 1.807) is 0 Å². The van der Waals surface area contributed by atoms with Crippen LogP contribution < -0.4 is 21.3 Å². The number of anilines is 1. The predicted molar refractivity (Wildman–Crippen MR) is 167 cm³/mol. The minimum absolute atomic E-state index is 0.0410. The summed E-state index contributed by atoms with van der Waals surface area (Å²) in [6.45, 7) is 1.97. The Morgan fingerprint density at radius 1 is 0.932 bits per heavy atom. The molecule has 2 fully saturated rings. The standard InChI is InChI=1S/C34H40N4O6/c39-32(31(38-33(40)41)30(25-10-3-1-4-11-25)26-12-5-2-6-13-26)37-29-14-8-7-9-24(29)17-18-28-20-35-27(21-43-28)22-44-34(42)36-19-23-15-16-23/h1-14,23,27-28,30-31,35,38H,15-22H2,(H,36,42)(H,37,39)(H,40,41)/t27-,28+,31-/m0/s1. The van der Waals surface area contributed by atoms with Gasteiger partial charge in [-0.1, -0.05) is 78.9 Å². The van der Waals surface area contributed by atoms with Crippen LogP contribution >= 0.6 is 0 Å². The highest BCUT2D eigenvalue weighted by atomic mass is 16.6. The van der Waals surface area contributed by atoms with Gasteiger partial charge in [0.25, 0.3) is 0 Å². The molecule has 1 saturated carbocycles. The van der Waals surface area contributed by atoms with Crippen LogP contribution in [-0.2, 0) is 20.7 Å². The van der Waals surface area contributed by atoms with E-state index >= 15 is 0 Å². The van der Waals surface area contributed by atoms with E-state index in [9.17, 15) is 19.5 Å². The van der Waals surface area contributed by atoms with Gasteiger partial charge in [0.2, 0.25) is 5.91 Å². The Bertz CT molecular complexity index is 1340. The van der Waals surface area contributed by atoms with Crippen molar-refractivity contribution in [3.05, 3.63) is 102 Å². The van der Waals surface area contributed by atoms with Gasteiger partial charge >= 0.3 is 12.2 Å². The number of morpholine rings is 1. The first-order chi connectivity index (χ1) is 21.5. The number of hydrogen-bond acceptors (Lipinski definition) is 6. The summed E-state index contributed by atoms with van der Waals surface area (Å²) in [5.74, 6) is -0.387. The molecule has 1 aliphatic heterocycles. The van der Waals surface area contributed by atoms with Crippen LogP contribution in [0.2, 0.25) is 0 Å². The van der Waals surface area contributed by atoms with Crippen molar-refractivity contribution in [1.29, 1.82) is 0 Å². The molecule has 1 saturated heterocycles. The Labute approximate surface area is 257 Å². The van der Waals surface area contributed by atoms with Gasteiger partial charge in [0.05, 0.1) is 18.8 Å². The lowest BCUT2D eigenvalue weighted by molar-refractivity contribution is -0.118. The molecule has 10 nitrogen and oxygen atoms in total. The quantitative estimate of drug-likeness (QED) is 0.195. The Morgan fingerprint density at radius 3 is 2.20 bits per heavy atom. The van der Waals surface area contributed by atoms with E-state index in [0.29, 0.717) is 44.1 Å². The topological polar surface area (TPSA) is 138 Å². The maximum Gasteiger partial charge on any atom is 0.407 e. The second-order valence-corrected chi connectivity index (χ2v) is 11.4. The van der Waals surface area contributed by atoms with E-state index < -0.39 is 24.0 Å². The normalized spacial score (nSPS) is 18.7. The van der Waals surface area contributed by atoms with E-state index in [2.05, 4.69) is 21.3 Å². The summed E-state index contributed by atoms with van der Waals surface area (Å²) in [5, 5.41) is 21.4.